The van der Waals surface area contributed by atoms with E-state index in [1.807, 2.05) is 12.1 Å². The maximum absolute atomic E-state index is 12.6. The molecule has 0 spiro atoms. The zero-order valence-electron chi connectivity index (χ0n) is 11.5. The van der Waals surface area contributed by atoms with Crippen molar-refractivity contribution < 1.29 is 19.8 Å². The monoisotopic (exact) mass is 290 g/mol. The summed E-state index contributed by atoms with van der Waals surface area (Å²) in [6.07, 6.45) is 0.448. The van der Waals surface area contributed by atoms with E-state index < -0.39 is 24.2 Å². The Bertz CT molecular complexity index is 575. The van der Waals surface area contributed by atoms with Gasteiger partial charge < -0.3 is 20.4 Å². The second-order valence-corrected chi connectivity index (χ2v) is 5.57. The quantitative estimate of drug-likeness (QED) is 0.709. The molecule has 1 saturated heterocycles. The minimum atomic E-state index is -1.02. The molecule has 3 N–H and O–H groups in total. The highest BCUT2D eigenvalue weighted by molar-refractivity contribution is 5.88. The Labute approximate surface area is 122 Å². The van der Waals surface area contributed by atoms with Gasteiger partial charge in [0, 0.05) is 13.1 Å². The second-order valence-electron chi connectivity index (χ2n) is 5.57. The number of carboxylic acids is 1. The van der Waals surface area contributed by atoms with Crippen LogP contribution in [0.3, 0.4) is 0 Å². The van der Waals surface area contributed by atoms with Crippen LogP contribution in [0.15, 0.2) is 24.3 Å². The molecule has 2 aliphatic rings. The van der Waals surface area contributed by atoms with Crippen LogP contribution in [-0.4, -0.2) is 52.2 Å². The molecule has 3 unspecified atom stereocenters. The average molecular weight is 290 g/mol. The van der Waals surface area contributed by atoms with Gasteiger partial charge >= 0.3 is 5.97 Å². The van der Waals surface area contributed by atoms with Gasteiger partial charge in [0.05, 0.1) is 12.1 Å². The van der Waals surface area contributed by atoms with Crippen LogP contribution in [-0.2, 0) is 16.0 Å². The molecule has 6 nitrogen and oxygen atoms in total. The molecule has 112 valence electrons. The molecule has 1 aromatic carbocycles. The molecular weight excluding hydrogens is 272 g/mol. The molecule has 3 atom stereocenters. The van der Waals surface area contributed by atoms with Crippen LogP contribution in [0.25, 0.3) is 0 Å². The van der Waals surface area contributed by atoms with Crippen molar-refractivity contribution in [3.63, 3.8) is 0 Å². The fourth-order valence-corrected chi connectivity index (χ4v) is 3.18. The molecule has 0 aliphatic carbocycles. The fraction of sp³-hybridized carbons (Fsp3) is 0.467. The summed E-state index contributed by atoms with van der Waals surface area (Å²) < 4.78 is 0. The van der Waals surface area contributed by atoms with Crippen LogP contribution in [0.5, 0.6) is 0 Å². The van der Waals surface area contributed by atoms with Gasteiger partial charge in [0.2, 0.25) is 5.91 Å². The van der Waals surface area contributed by atoms with Gasteiger partial charge in [-0.3, -0.25) is 4.79 Å². The predicted octanol–water partition coefficient (Wildman–Crippen LogP) is -0.0802. The lowest BCUT2D eigenvalue weighted by molar-refractivity contribution is -0.152. The van der Waals surface area contributed by atoms with Gasteiger partial charge in [-0.15, -0.1) is 0 Å². The number of amides is 1. The van der Waals surface area contributed by atoms with Gasteiger partial charge in [0.1, 0.15) is 0 Å². The number of nitrogens with zero attached hydrogens (tertiary/aromatic N) is 1. The normalized spacial score (nSPS) is 28.2. The van der Waals surface area contributed by atoms with Gasteiger partial charge in [-0.25, -0.2) is 4.79 Å². The number of fused-ring (bicyclic) bond motifs is 1. The van der Waals surface area contributed by atoms with Crippen molar-refractivity contribution >= 4 is 11.9 Å². The van der Waals surface area contributed by atoms with E-state index in [2.05, 4.69) is 5.32 Å². The summed E-state index contributed by atoms with van der Waals surface area (Å²) in [7, 11) is 0. The third-order valence-corrected chi connectivity index (χ3v) is 4.21. The van der Waals surface area contributed by atoms with E-state index in [4.69, 9.17) is 0 Å². The molecule has 0 bridgehead atoms. The van der Waals surface area contributed by atoms with Crippen molar-refractivity contribution in [3.8, 4) is 0 Å². The molecule has 0 saturated carbocycles. The van der Waals surface area contributed by atoms with Crippen LogP contribution >= 0.6 is 0 Å². The van der Waals surface area contributed by atoms with Crippen LogP contribution < -0.4 is 5.32 Å². The number of hydrogen-bond acceptors (Lipinski definition) is 4. The molecule has 1 amide bonds. The van der Waals surface area contributed by atoms with E-state index >= 15 is 0 Å². The summed E-state index contributed by atoms with van der Waals surface area (Å²) in [4.78, 5) is 25.6. The molecule has 21 heavy (non-hydrogen) atoms. The van der Waals surface area contributed by atoms with Gasteiger partial charge in [-0.1, -0.05) is 24.3 Å². The van der Waals surface area contributed by atoms with E-state index in [1.54, 1.807) is 12.1 Å². The zero-order valence-corrected chi connectivity index (χ0v) is 11.5. The highest BCUT2D eigenvalue weighted by Crippen LogP contribution is 2.31. The molecule has 0 radical (unpaired) electrons. The van der Waals surface area contributed by atoms with Crippen LogP contribution in [0.2, 0.25) is 0 Å². The number of β-amino-alcohol motifs (C(OH)–C–C–N with tert-alkyl or cyclic N) is 1. The Morgan fingerprint density at radius 1 is 1.29 bits per heavy atom. The first-order valence-corrected chi connectivity index (χ1v) is 7.10. The second kappa shape index (κ2) is 5.46. The molecular formula is C15H18N2O4. The van der Waals surface area contributed by atoms with E-state index in [9.17, 15) is 19.8 Å². The lowest BCUT2D eigenvalue weighted by atomic mass is 9.92. The largest absolute Gasteiger partial charge is 0.479 e. The molecule has 0 aromatic heterocycles. The Morgan fingerprint density at radius 3 is 2.71 bits per heavy atom. The molecule has 2 heterocycles. The molecule has 6 heteroatoms. The number of nitrogens with one attached hydrogen (secondary N) is 1. The highest BCUT2D eigenvalue weighted by atomic mass is 16.4. The lowest BCUT2D eigenvalue weighted by Crippen LogP contribution is -2.50. The summed E-state index contributed by atoms with van der Waals surface area (Å²) in [5, 5.41) is 22.0. The van der Waals surface area contributed by atoms with Crippen molar-refractivity contribution in [1.29, 1.82) is 0 Å². The molecule has 2 aliphatic heterocycles. The number of rotatable bonds is 2. The van der Waals surface area contributed by atoms with E-state index in [-0.39, 0.29) is 5.91 Å². The van der Waals surface area contributed by atoms with Crippen LogP contribution in [0.4, 0.5) is 0 Å². The first-order valence-electron chi connectivity index (χ1n) is 7.10. The molecule has 1 fully saturated rings. The van der Waals surface area contributed by atoms with Crippen LogP contribution in [0.1, 0.15) is 23.6 Å². The van der Waals surface area contributed by atoms with Crippen molar-refractivity contribution in [2.75, 3.05) is 13.1 Å². The zero-order chi connectivity index (χ0) is 15.0. The topological polar surface area (TPSA) is 89.9 Å². The maximum Gasteiger partial charge on any atom is 0.331 e. The predicted molar refractivity (Wildman–Crippen MR) is 74.7 cm³/mol. The summed E-state index contributed by atoms with van der Waals surface area (Å²) in [6.45, 7) is 0.764. The summed E-state index contributed by atoms with van der Waals surface area (Å²) in [5.74, 6) is -1.26. The van der Waals surface area contributed by atoms with E-state index in [0.717, 1.165) is 5.56 Å². The number of benzene rings is 1. The maximum atomic E-state index is 12.6. The number of carbonyl (C=O) groups is 2. The summed E-state index contributed by atoms with van der Waals surface area (Å²) in [5.41, 5.74) is 1.66. The van der Waals surface area contributed by atoms with Gasteiger partial charge in [0.15, 0.2) is 6.04 Å². The first kappa shape index (κ1) is 14.0. The summed E-state index contributed by atoms with van der Waals surface area (Å²) in [6, 6.07) is 5.91. The van der Waals surface area contributed by atoms with Crippen molar-refractivity contribution in [2.24, 2.45) is 0 Å². The van der Waals surface area contributed by atoms with E-state index in [1.165, 1.54) is 4.90 Å². The van der Waals surface area contributed by atoms with Crippen molar-refractivity contribution in [1.82, 2.24) is 10.2 Å². The number of aliphatic hydroxyl groups is 1. The van der Waals surface area contributed by atoms with Gasteiger partial charge in [0.25, 0.3) is 0 Å². The Morgan fingerprint density at radius 2 is 2.05 bits per heavy atom. The third-order valence-electron chi connectivity index (χ3n) is 4.21. The highest BCUT2D eigenvalue weighted by Gasteiger charge is 2.40. The standard InChI is InChI=1S/C15H18N2O4/c18-10-7-12(16-8-10)14(19)17-6-5-9-3-1-2-4-11(9)13(17)15(20)21/h1-4,10,12-13,16,18H,5-8H2,(H,20,21). The number of aliphatic hydroxyl groups excluding tert-OH is 1. The number of carboxylic acid groups (broad SMARTS) is 1. The van der Waals surface area contributed by atoms with Crippen molar-refractivity contribution in [2.45, 2.75) is 31.0 Å². The Hall–Kier alpha value is -1.92. The minimum Gasteiger partial charge on any atom is -0.479 e. The fourth-order valence-electron chi connectivity index (χ4n) is 3.18. The SMILES string of the molecule is O=C(O)C1c2ccccc2CCN1C(=O)C1CC(O)CN1. The van der Waals surface area contributed by atoms with Crippen LogP contribution in [0, 0.1) is 0 Å². The smallest absolute Gasteiger partial charge is 0.331 e. The van der Waals surface area contributed by atoms with E-state index in [0.29, 0.717) is 31.5 Å². The van der Waals surface area contributed by atoms with Gasteiger partial charge in [-0.05, 0) is 24.0 Å². The average Bonchev–Trinajstić information content (AvgIpc) is 2.91. The number of hydrogen-bond donors (Lipinski definition) is 3. The van der Waals surface area contributed by atoms with Gasteiger partial charge in [-0.2, -0.15) is 0 Å². The lowest BCUT2D eigenvalue weighted by Gasteiger charge is -2.36. The minimum absolute atomic E-state index is 0.242. The first-order chi connectivity index (χ1) is 10.1. The molecule has 3 rings (SSSR count). The number of aliphatic carboxylic acids is 1. The molecule has 1 aromatic rings. The number of carbonyl (C=O) groups excluding carboxylic acids is 1. The Kier molecular flexibility index (Phi) is 3.65. The Balaban J connectivity index is 1.89. The van der Waals surface area contributed by atoms with Crippen molar-refractivity contribution in [3.05, 3.63) is 35.4 Å². The summed E-state index contributed by atoms with van der Waals surface area (Å²) >= 11 is 0. The third kappa shape index (κ3) is 2.52.